The predicted molar refractivity (Wildman–Crippen MR) is 147 cm³/mol. The first kappa shape index (κ1) is 32.4. The fourth-order valence-corrected chi connectivity index (χ4v) is 4.20. The van der Waals surface area contributed by atoms with Crippen LogP contribution in [0.4, 0.5) is 5.69 Å². The van der Waals surface area contributed by atoms with E-state index in [1.165, 1.54) is 41.5 Å². The summed E-state index contributed by atoms with van der Waals surface area (Å²) < 4.78 is 30.9. The van der Waals surface area contributed by atoms with Crippen molar-refractivity contribution in [2.24, 2.45) is 0 Å². The van der Waals surface area contributed by atoms with Crippen LogP contribution in [0, 0.1) is 0 Å². The average Bonchev–Trinajstić information content (AvgIpc) is 2.96. The molecule has 0 atom stereocenters. The Morgan fingerprint density at radius 1 is 0.535 bits per heavy atom. The van der Waals surface area contributed by atoms with E-state index in [2.05, 4.69) is 15.3 Å². The van der Waals surface area contributed by atoms with Gasteiger partial charge in [-0.2, -0.15) is 0 Å². The van der Waals surface area contributed by atoms with Crippen molar-refractivity contribution in [1.82, 2.24) is 9.97 Å². The number of nitrogens with one attached hydrogen (secondary N) is 1. The number of esters is 6. The first-order chi connectivity index (χ1) is 20.6. The highest BCUT2D eigenvalue weighted by Gasteiger charge is 2.41. The maximum atomic E-state index is 13.3. The molecule has 15 nitrogen and oxygen atoms in total. The maximum Gasteiger partial charge on any atom is 0.357 e. The molecule has 1 N–H and O–H groups in total. The Bertz CT molecular complexity index is 1530. The number of carbonyl (C=O) groups excluding carboxylic acids is 6. The van der Waals surface area contributed by atoms with Gasteiger partial charge in [0.05, 0.1) is 61.9 Å². The van der Waals surface area contributed by atoms with Gasteiger partial charge >= 0.3 is 35.8 Å². The van der Waals surface area contributed by atoms with Gasteiger partial charge in [0.15, 0.2) is 11.4 Å². The van der Waals surface area contributed by atoms with Crippen LogP contribution in [-0.4, -0.2) is 85.4 Å². The molecule has 15 heteroatoms. The Hall–Kier alpha value is -5.08. The molecule has 0 unspecified atom stereocenters. The molecule has 0 amide bonds. The van der Waals surface area contributed by atoms with Gasteiger partial charge in [0.1, 0.15) is 22.4 Å². The molecule has 0 saturated heterocycles. The number of rotatable bonds is 12. The largest absolute Gasteiger partial charge is 0.462 e. The second-order valence-electron chi connectivity index (χ2n) is 8.32. The molecule has 230 valence electrons. The van der Waals surface area contributed by atoms with E-state index in [1.807, 2.05) is 0 Å². The summed E-state index contributed by atoms with van der Waals surface area (Å²) in [5, 5.41) is 2.51. The van der Waals surface area contributed by atoms with Crippen LogP contribution in [-0.2, 0) is 38.0 Å². The van der Waals surface area contributed by atoms with E-state index < -0.39 is 69.6 Å². The van der Waals surface area contributed by atoms with Crippen molar-refractivity contribution in [2.75, 3.05) is 45.0 Å². The highest BCUT2D eigenvalue weighted by Crippen LogP contribution is 2.42. The molecule has 3 rings (SSSR count). The predicted octanol–water partition coefficient (Wildman–Crippen LogP) is 2.60. The van der Waals surface area contributed by atoms with Gasteiger partial charge in [-0.05, 0) is 41.5 Å². The molecular formula is C28H31N3O12. The van der Waals surface area contributed by atoms with Crippen LogP contribution >= 0.6 is 0 Å². The molecule has 2 aromatic heterocycles. The minimum absolute atomic E-state index is 0.110. The fraction of sp³-hybridized carbons (Fsp3) is 0.429. The second-order valence-corrected chi connectivity index (χ2v) is 8.32. The molecule has 43 heavy (non-hydrogen) atoms. The van der Waals surface area contributed by atoms with Crippen LogP contribution in [0.1, 0.15) is 88.9 Å². The number of hydrogen-bond acceptors (Lipinski definition) is 15. The molecule has 0 bridgehead atoms. The maximum absolute atomic E-state index is 13.3. The fourth-order valence-electron chi connectivity index (χ4n) is 4.20. The first-order valence-electron chi connectivity index (χ1n) is 13.6. The summed E-state index contributed by atoms with van der Waals surface area (Å²) in [6.07, 6.45) is 0. The minimum Gasteiger partial charge on any atom is -0.462 e. The lowest BCUT2D eigenvalue weighted by atomic mass is 9.93. The van der Waals surface area contributed by atoms with Gasteiger partial charge in [-0.25, -0.2) is 38.7 Å². The molecule has 0 radical (unpaired) electrons. The van der Waals surface area contributed by atoms with Gasteiger partial charge in [-0.3, -0.25) is 0 Å². The van der Waals surface area contributed by atoms with Crippen LogP contribution in [0.5, 0.6) is 0 Å². The van der Waals surface area contributed by atoms with E-state index >= 15 is 0 Å². The molecule has 0 aliphatic carbocycles. The number of pyridine rings is 2. The lowest BCUT2D eigenvalue weighted by Gasteiger charge is -2.26. The van der Waals surface area contributed by atoms with Crippen LogP contribution in [0.25, 0.3) is 16.5 Å². The molecule has 3 heterocycles. The monoisotopic (exact) mass is 601 g/mol. The summed E-state index contributed by atoms with van der Waals surface area (Å²) in [5.74, 6) is -6.42. The Balaban J connectivity index is 2.70. The summed E-state index contributed by atoms with van der Waals surface area (Å²) in [6.45, 7) is 8.41. The Labute approximate surface area is 245 Å². The molecule has 1 aliphatic heterocycles. The second kappa shape index (κ2) is 14.2. The Morgan fingerprint density at radius 3 is 1.47 bits per heavy atom. The van der Waals surface area contributed by atoms with Crippen molar-refractivity contribution in [1.29, 1.82) is 0 Å². The SMILES string of the molecule is CCOC(=O)C1=C(C(=O)OCC)c2nc(C(=O)OCC)c(C(=O)OCC)c3nc(C(=O)OCC)c(C(=O)OCC)c(c23)N1. The molecular weight excluding hydrogens is 570 g/mol. The molecule has 0 spiro atoms. The van der Waals surface area contributed by atoms with Crippen molar-refractivity contribution < 1.29 is 57.2 Å². The van der Waals surface area contributed by atoms with Gasteiger partial charge < -0.3 is 33.7 Å². The normalized spacial score (nSPS) is 11.8. The zero-order valence-electron chi connectivity index (χ0n) is 24.5. The topological polar surface area (TPSA) is 196 Å². The van der Waals surface area contributed by atoms with Gasteiger partial charge in [-0.15, -0.1) is 0 Å². The Kier molecular flexibility index (Phi) is 10.7. The smallest absolute Gasteiger partial charge is 0.357 e. The molecule has 0 fully saturated rings. The van der Waals surface area contributed by atoms with Crippen molar-refractivity contribution in [3.8, 4) is 0 Å². The highest BCUT2D eigenvalue weighted by atomic mass is 16.6. The standard InChI is InChI=1S/C28H31N3O12/c1-7-38-23(32)14-17-13-18(30-20(14)26(35)41-10-4)15(24(33)39-8-2)22(28(37)43-12-6)31-19(13)16(25(34)40-9-3)21(29-17)27(36)42-11-5/h29H,7-12H2,1-6H3. The van der Waals surface area contributed by atoms with Gasteiger partial charge in [0, 0.05) is 0 Å². The first-order valence-corrected chi connectivity index (χ1v) is 13.6. The number of ether oxygens (including phenoxy) is 6. The Morgan fingerprint density at radius 2 is 0.953 bits per heavy atom. The lowest BCUT2D eigenvalue weighted by molar-refractivity contribution is -0.140. The van der Waals surface area contributed by atoms with Crippen LogP contribution in [0.3, 0.4) is 0 Å². The third-order valence-corrected chi connectivity index (χ3v) is 5.72. The molecule has 0 aromatic carbocycles. The summed E-state index contributed by atoms with van der Waals surface area (Å²) in [5.41, 5.74) is -4.31. The van der Waals surface area contributed by atoms with Crippen LogP contribution < -0.4 is 5.32 Å². The molecule has 0 saturated carbocycles. The van der Waals surface area contributed by atoms with Crippen molar-refractivity contribution in [2.45, 2.75) is 41.5 Å². The van der Waals surface area contributed by atoms with E-state index in [-0.39, 0.29) is 61.9 Å². The molecule has 2 aromatic rings. The van der Waals surface area contributed by atoms with Gasteiger partial charge in [0.2, 0.25) is 0 Å². The zero-order valence-corrected chi connectivity index (χ0v) is 24.5. The van der Waals surface area contributed by atoms with Crippen molar-refractivity contribution >= 4 is 58.0 Å². The van der Waals surface area contributed by atoms with E-state index in [1.54, 1.807) is 0 Å². The van der Waals surface area contributed by atoms with Crippen molar-refractivity contribution in [3.05, 3.63) is 33.9 Å². The third-order valence-electron chi connectivity index (χ3n) is 5.72. The number of carbonyl (C=O) groups is 6. The minimum atomic E-state index is -1.10. The van der Waals surface area contributed by atoms with Gasteiger partial charge in [-0.1, -0.05) is 0 Å². The van der Waals surface area contributed by atoms with Crippen LogP contribution in [0.2, 0.25) is 0 Å². The van der Waals surface area contributed by atoms with E-state index in [4.69, 9.17) is 28.4 Å². The van der Waals surface area contributed by atoms with E-state index in [9.17, 15) is 28.8 Å². The highest BCUT2D eigenvalue weighted by molar-refractivity contribution is 6.31. The third kappa shape index (κ3) is 6.24. The summed E-state index contributed by atoms with van der Waals surface area (Å²) in [6, 6.07) is 0. The van der Waals surface area contributed by atoms with Gasteiger partial charge in [0.25, 0.3) is 0 Å². The van der Waals surface area contributed by atoms with Crippen LogP contribution in [0.15, 0.2) is 5.70 Å². The number of hydrogen-bond donors (Lipinski definition) is 1. The lowest BCUT2D eigenvalue weighted by Crippen LogP contribution is -2.29. The van der Waals surface area contributed by atoms with Crippen molar-refractivity contribution in [3.63, 3.8) is 0 Å². The molecule has 1 aliphatic rings. The number of nitrogens with zero attached hydrogens (tertiary/aromatic N) is 2. The van der Waals surface area contributed by atoms with E-state index in [0.29, 0.717) is 0 Å². The number of anilines is 1. The van der Waals surface area contributed by atoms with E-state index in [0.717, 1.165) is 0 Å². The summed E-state index contributed by atoms with van der Waals surface area (Å²) >= 11 is 0. The quantitative estimate of drug-likeness (QED) is 0.275. The summed E-state index contributed by atoms with van der Waals surface area (Å²) in [7, 11) is 0. The average molecular weight is 602 g/mol. The number of aromatic nitrogens is 2. The summed E-state index contributed by atoms with van der Waals surface area (Å²) in [4.78, 5) is 88.1. The zero-order chi connectivity index (χ0) is 31.8.